The van der Waals surface area contributed by atoms with E-state index in [9.17, 15) is 10.1 Å². The lowest BCUT2D eigenvalue weighted by Crippen LogP contribution is -2.18. The Balaban J connectivity index is 2.06. The Morgan fingerprint density at radius 1 is 1.19 bits per heavy atom. The fraction of sp³-hybridized carbons (Fsp3) is 0.200. The summed E-state index contributed by atoms with van der Waals surface area (Å²) in [6.45, 7) is 2.50. The highest BCUT2D eigenvalue weighted by atomic mass is 35.5. The Morgan fingerprint density at radius 3 is 2.52 bits per heavy atom. The smallest absolute Gasteiger partial charge is 0.270 e. The van der Waals surface area contributed by atoms with E-state index in [0.717, 1.165) is 11.1 Å². The maximum atomic E-state index is 10.7. The Bertz CT molecular complexity index is 662. The molecule has 0 saturated heterocycles. The number of nitrogens with zero attached hydrogens (tertiary/aromatic N) is 1. The summed E-state index contributed by atoms with van der Waals surface area (Å²) in [7, 11) is 0. The lowest BCUT2D eigenvalue weighted by molar-refractivity contribution is -0.384. The van der Waals surface area contributed by atoms with Gasteiger partial charge in [0.05, 0.1) is 9.95 Å². The fourth-order valence-electron chi connectivity index (χ4n) is 1.99. The molecule has 2 rings (SSSR count). The molecule has 2 aromatic carbocycles. The number of nitrogens with one attached hydrogen (secondary N) is 1. The maximum Gasteiger partial charge on any atom is 0.270 e. The van der Waals surface area contributed by atoms with Crippen LogP contribution in [0.1, 0.15) is 24.1 Å². The highest BCUT2D eigenvalue weighted by molar-refractivity contribution is 6.31. The van der Waals surface area contributed by atoms with Crippen LogP contribution in [0, 0.1) is 10.1 Å². The third-order valence-electron chi connectivity index (χ3n) is 3.22. The standard InChI is InChI=1S/C15H14Cl2N2O2/c1-10(13-4-2-3-5-14(13)16)18-9-11-6-7-12(19(20)21)8-15(11)17/h2-8,10,18H,9H2,1H3/t10-/m0/s1. The van der Waals surface area contributed by atoms with Gasteiger partial charge in [-0.1, -0.05) is 41.4 Å². The van der Waals surface area contributed by atoms with Gasteiger partial charge in [0.15, 0.2) is 0 Å². The van der Waals surface area contributed by atoms with E-state index in [2.05, 4.69) is 5.32 Å². The number of nitro groups is 1. The molecule has 21 heavy (non-hydrogen) atoms. The molecule has 0 aliphatic heterocycles. The monoisotopic (exact) mass is 324 g/mol. The van der Waals surface area contributed by atoms with Crippen LogP contribution >= 0.6 is 23.2 Å². The van der Waals surface area contributed by atoms with E-state index in [1.54, 1.807) is 6.07 Å². The average Bonchev–Trinajstić information content (AvgIpc) is 2.46. The number of nitro benzene ring substituents is 1. The van der Waals surface area contributed by atoms with Crippen LogP contribution in [-0.2, 0) is 6.54 Å². The van der Waals surface area contributed by atoms with Crippen molar-refractivity contribution >= 4 is 28.9 Å². The lowest BCUT2D eigenvalue weighted by Gasteiger charge is -2.16. The zero-order valence-electron chi connectivity index (χ0n) is 11.3. The molecular formula is C15H14Cl2N2O2. The Labute approximate surface area is 132 Å². The number of rotatable bonds is 5. The summed E-state index contributed by atoms with van der Waals surface area (Å²) in [5, 5.41) is 15.1. The van der Waals surface area contributed by atoms with Crippen LogP contribution in [0.2, 0.25) is 10.0 Å². The van der Waals surface area contributed by atoms with E-state index in [1.165, 1.54) is 12.1 Å². The van der Waals surface area contributed by atoms with Crippen LogP contribution in [0.25, 0.3) is 0 Å². The van der Waals surface area contributed by atoms with E-state index in [-0.39, 0.29) is 11.7 Å². The minimum atomic E-state index is -0.463. The second kappa shape index (κ2) is 6.89. The predicted octanol–water partition coefficient (Wildman–Crippen LogP) is 4.75. The highest BCUT2D eigenvalue weighted by Gasteiger charge is 2.12. The molecule has 0 spiro atoms. The molecule has 0 aliphatic rings. The van der Waals surface area contributed by atoms with Crippen LogP contribution in [0.4, 0.5) is 5.69 Å². The van der Waals surface area contributed by atoms with Gasteiger partial charge in [-0.15, -0.1) is 0 Å². The second-order valence-corrected chi connectivity index (χ2v) is 5.47. The topological polar surface area (TPSA) is 55.2 Å². The van der Waals surface area contributed by atoms with Crippen molar-refractivity contribution in [1.29, 1.82) is 0 Å². The lowest BCUT2D eigenvalue weighted by atomic mass is 10.1. The predicted molar refractivity (Wildman–Crippen MR) is 84.8 cm³/mol. The van der Waals surface area contributed by atoms with Crippen molar-refractivity contribution in [1.82, 2.24) is 5.32 Å². The van der Waals surface area contributed by atoms with E-state index in [0.29, 0.717) is 16.6 Å². The summed E-state index contributed by atoms with van der Waals surface area (Å²) in [5.41, 5.74) is 1.79. The van der Waals surface area contributed by atoms with E-state index in [4.69, 9.17) is 23.2 Å². The number of hydrogen-bond acceptors (Lipinski definition) is 3. The summed E-state index contributed by atoms with van der Waals surface area (Å²) < 4.78 is 0. The fourth-order valence-corrected chi connectivity index (χ4v) is 2.53. The highest BCUT2D eigenvalue weighted by Crippen LogP contribution is 2.25. The van der Waals surface area contributed by atoms with Crippen molar-refractivity contribution < 1.29 is 4.92 Å². The van der Waals surface area contributed by atoms with Crippen LogP contribution in [-0.4, -0.2) is 4.92 Å². The molecule has 6 heteroatoms. The summed E-state index contributed by atoms with van der Waals surface area (Å²) in [5.74, 6) is 0. The van der Waals surface area contributed by atoms with Crippen LogP contribution in [0.15, 0.2) is 42.5 Å². The van der Waals surface area contributed by atoms with Crippen LogP contribution in [0.3, 0.4) is 0 Å². The molecule has 0 fully saturated rings. The van der Waals surface area contributed by atoms with E-state index < -0.39 is 4.92 Å². The first kappa shape index (κ1) is 15.8. The van der Waals surface area contributed by atoms with Gasteiger partial charge in [0.2, 0.25) is 0 Å². The Morgan fingerprint density at radius 2 is 1.90 bits per heavy atom. The van der Waals surface area contributed by atoms with Crippen molar-refractivity contribution in [2.75, 3.05) is 0 Å². The molecule has 4 nitrogen and oxygen atoms in total. The second-order valence-electron chi connectivity index (χ2n) is 4.66. The molecule has 0 saturated carbocycles. The van der Waals surface area contributed by atoms with Gasteiger partial charge in [0.1, 0.15) is 0 Å². The minimum absolute atomic E-state index is 0.0112. The normalized spacial score (nSPS) is 12.1. The molecule has 0 aromatic heterocycles. The molecule has 0 heterocycles. The number of non-ortho nitro benzene ring substituents is 1. The van der Waals surface area contributed by atoms with Gasteiger partial charge in [0.25, 0.3) is 5.69 Å². The molecule has 1 atom stereocenters. The van der Waals surface area contributed by atoms with Crippen LogP contribution < -0.4 is 5.32 Å². The molecule has 0 amide bonds. The number of hydrogen-bond donors (Lipinski definition) is 1. The first-order valence-electron chi connectivity index (χ1n) is 6.39. The molecule has 0 radical (unpaired) electrons. The van der Waals surface area contributed by atoms with Crippen molar-refractivity contribution in [2.45, 2.75) is 19.5 Å². The SMILES string of the molecule is C[C@H](NCc1ccc([N+](=O)[O-])cc1Cl)c1ccccc1Cl. The Kier molecular flexibility index (Phi) is 5.17. The Hall–Kier alpha value is -1.62. The minimum Gasteiger partial charge on any atom is -0.306 e. The van der Waals surface area contributed by atoms with E-state index in [1.807, 2.05) is 31.2 Å². The van der Waals surface area contributed by atoms with Crippen molar-refractivity contribution in [3.63, 3.8) is 0 Å². The molecular weight excluding hydrogens is 311 g/mol. The summed E-state index contributed by atoms with van der Waals surface area (Å²) >= 11 is 12.2. The van der Waals surface area contributed by atoms with Gasteiger partial charge in [-0.05, 0) is 30.2 Å². The molecule has 1 N–H and O–H groups in total. The van der Waals surface area contributed by atoms with Crippen molar-refractivity contribution in [2.24, 2.45) is 0 Å². The number of benzene rings is 2. The van der Waals surface area contributed by atoms with Gasteiger partial charge in [-0.25, -0.2) is 0 Å². The van der Waals surface area contributed by atoms with Gasteiger partial charge in [-0.2, -0.15) is 0 Å². The molecule has 2 aromatic rings. The van der Waals surface area contributed by atoms with Crippen molar-refractivity contribution in [3.05, 3.63) is 73.8 Å². The third-order valence-corrected chi connectivity index (χ3v) is 3.91. The summed E-state index contributed by atoms with van der Waals surface area (Å²) in [6.07, 6.45) is 0. The molecule has 0 bridgehead atoms. The molecule has 0 unspecified atom stereocenters. The third kappa shape index (κ3) is 3.94. The zero-order valence-corrected chi connectivity index (χ0v) is 12.9. The van der Waals surface area contributed by atoms with Gasteiger partial charge < -0.3 is 5.32 Å². The number of halogens is 2. The average molecular weight is 325 g/mol. The maximum absolute atomic E-state index is 10.7. The van der Waals surface area contributed by atoms with Gasteiger partial charge in [0, 0.05) is 29.7 Å². The quantitative estimate of drug-likeness (QED) is 0.637. The first-order valence-corrected chi connectivity index (χ1v) is 7.15. The van der Waals surface area contributed by atoms with Crippen molar-refractivity contribution in [3.8, 4) is 0 Å². The van der Waals surface area contributed by atoms with Crippen LogP contribution in [0.5, 0.6) is 0 Å². The van der Waals surface area contributed by atoms with Gasteiger partial charge in [-0.3, -0.25) is 10.1 Å². The molecule has 110 valence electrons. The molecule has 0 aliphatic carbocycles. The first-order chi connectivity index (χ1) is 9.99. The summed E-state index contributed by atoms with van der Waals surface area (Å²) in [4.78, 5) is 10.2. The summed E-state index contributed by atoms with van der Waals surface area (Å²) in [6, 6.07) is 12.1. The van der Waals surface area contributed by atoms with E-state index >= 15 is 0 Å². The zero-order chi connectivity index (χ0) is 15.4. The van der Waals surface area contributed by atoms with Gasteiger partial charge >= 0.3 is 0 Å². The largest absolute Gasteiger partial charge is 0.306 e.